The third kappa shape index (κ3) is 3.70. The fourth-order valence-electron chi connectivity index (χ4n) is 3.13. The Kier molecular flexibility index (Phi) is 6.00. The van der Waals surface area contributed by atoms with Crippen LogP contribution in [0, 0.1) is 24.4 Å². The van der Waals surface area contributed by atoms with Crippen molar-refractivity contribution in [3.05, 3.63) is 64.0 Å². The number of nitrogens with two attached hydrogens (primary N) is 1. The number of benzene rings is 1. The molecule has 0 spiro atoms. The Morgan fingerprint density at radius 2 is 1.97 bits per heavy atom. The molecular formula is C21H21F3N6. The Morgan fingerprint density at radius 1 is 1.23 bits per heavy atom. The molecule has 2 heterocycles. The summed E-state index contributed by atoms with van der Waals surface area (Å²) in [6.07, 6.45) is 5.36. The quantitative estimate of drug-likeness (QED) is 0.482. The van der Waals surface area contributed by atoms with Crippen molar-refractivity contribution in [1.82, 2.24) is 19.6 Å². The van der Waals surface area contributed by atoms with Gasteiger partial charge in [0.25, 0.3) is 0 Å². The number of halogens is 3. The van der Waals surface area contributed by atoms with E-state index >= 15 is 0 Å². The second kappa shape index (κ2) is 8.48. The van der Waals surface area contributed by atoms with Crippen LogP contribution in [0.1, 0.15) is 42.1 Å². The molecule has 0 unspecified atom stereocenters. The minimum atomic E-state index is -1.27. The number of hydrogen-bond acceptors (Lipinski definition) is 5. The molecule has 0 amide bonds. The lowest BCUT2D eigenvalue weighted by Gasteiger charge is -2.09. The molecule has 0 fully saturated rings. The predicted octanol–water partition coefficient (Wildman–Crippen LogP) is 4.30. The molecule has 0 aliphatic carbocycles. The number of aromatic nitrogens is 4. The zero-order valence-electron chi connectivity index (χ0n) is 16.9. The molecule has 3 rings (SSSR count). The van der Waals surface area contributed by atoms with E-state index in [4.69, 9.17) is 5.73 Å². The van der Waals surface area contributed by atoms with Gasteiger partial charge in [-0.1, -0.05) is 13.0 Å². The highest BCUT2D eigenvalue weighted by atomic mass is 19.2. The summed E-state index contributed by atoms with van der Waals surface area (Å²) in [5, 5.41) is 3.92. The van der Waals surface area contributed by atoms with E-state index in [1.165, 1.54) is 11.6 Å². The van der Waals surface area contributed by atoms with E-state index in [1.807, 2.05) is 6.92 Å². The van der Waals surface area contributed by atoms with E-state index in [1.54, 1.807) is 25.3 Å². The number of rotatable bonds is 6. The van der Waals surface area contributed by atoms with Gasteiger partial charge in [-0.05, 0) is 38.0 Å². The maximum atomic E-state index is 14.5. The van der Waals surface area contributed by atoms with Crippen LogP contribution in [0.5, 0.6) is 0 Å². The van der Waals surface area contributed by atoms with Gasteiger partial charge >= 0.3 is 0 Å². The average molecular weight is 414 g/mol. The van der Waals surface area contributed by atoms with Crippen LogP contribution in [0.2, 0.25) is 0 Å². The monoisotopic (exact) mass is 414 g/mol. The van der Waals surface area contributed by atoms with Crippen molar-refractivity contribution in [2.45, 2.75) is 33.6 Å². The Bertz CT molecular complexity index is 1120. The van der Waals surface area contributed by atoms with Gasteiger partial charge in [0.15, 0.2) is 17.5 Å². The topological polar surface area (TPSA) is 82.0 Å². The standard InChI is InChI=1S/C21H21F3N6/c1-5-7-15-19(21-27-10-12(6-2)20(25)29-21)28-16(30(15)26-4)9-13-17(23)11(3)8-14(22)18(13)24/h5,7-8,10H,4,6,9H2,1-3H3,(H2,25,27,29)/b7-5-. The first-order chi connectivity index (χ1) is 14.3. The Balaban J connectivity index is 2.20. The number of anilines is 1. The summed E-state index contributed by atoms with van der Waals surface area (Å²) in [5.74, 6) is -2.54. The fraction of sp³-hybridized carbons (Fsp3) is 0.238. The number of allylic oxidation sites excluding steroid dienone is 1. The van der Waals surface area contributed by atoms with E-state index < -0.39 is 23.0 Å². The minimum Gasteiger partial charge on any atom is -0.383 e. The molecule has 0 aliphatic rings. The summed E-state index contributed by atoms with van der Waals surface area (Å²) in [5.41, 5.74) is 7.10. The third-order valence-corrected chi connectivity index (χ3v) is 4.68. The van der Waals surface area contributed by atoms with Gasteiger partial charge in [-0.15, -0.1) is 0 Å². The van der Waals surface area contributed by atoms with Crippen LogP contribution >= 0.6 is 0 Å². The number of hydrogen-bond donors (Lipinski definition) is 1. The van der Waals surface area contributed by atoms with Gasteiger partial charge in [0, 0.05) is 30.5 Å². The predicted molar refractivity (Wildman–Crippen MR) is 111 cm³/mol. The number of nitrogen functional groups attached to an aromatic ring is 1. The van der Waals surface area contributed by atoms with Crippen LogP contribution in [-0.2, 0) is 12.8 Å². The fourth-order valence-corrected chi connectivity index (χ4v) is 3.13. The summed E-state index contributed by atoms with van der Waals surface area (Å²) in [6.45, 7) is 8.60. The van der Waals surface area contributed by atoms with Gasteiger partial charge in [-0.25, -0.2) is 32.8 Å². The van der Waals surface area contributed by atoms with Crippen molar-refractivity contribution in [1.29, 1.82) is 0 Å². The van der Waals surface area contributed by atoms with Crippen LogP contribution in [0.3, 0.4) is 0 Å². The third-order valence-electron chi connectivity index (χ3n) is 4.68. The molecule has 3 aromatic rings. The maximum absolute atomic E-state index is 14.5. The summed E-state index contributed by atoms with van der Waals surface area (Å²) < 4.78 is 44.0. The minimum absolute atomic E-state index is 0.00580. The molecule has 9 heteroatoms. The average Bonchev–Trinajstić information content (AvgIpc) is 3.07. The van der Waals surface area contributed by atoms with E-state index in [2.05, 4.69) is 26.8 Å². The van der Waals surface area contributed by atoms with Crippen LogP contribution in [0.4, 0.5) is 19.0 Å². The Hall–Kier alpha value is -3.49. The van der Waals surface area contributed by atoms with Crippen molar-refractivity contribution in [3.8, 4) is 11.5 Å². The zero-order valence-corrected chi connectivity index (χ0v) is 16.9. The normalized spacial score (nSPS) is 11.4. The molecule has 156 valence electrons. The van der Waals surface area contributed by atoms with Gasteiger partial charge in [-0.3, -0.25) is 0 Å². The van der Waals surface area contributed by atoms with E-state index in [-0.39, 0.29) is 23.6 Å². The first-order valence-electron chi connectivity index (χ1n) is 9.28. The van der Waals surface area contributed by atoms with Gasteiger partial charge < -0.3 is 5.73 Å². The highest BCUT2D eigenvalue weighted by molar-refractivity contribution is 5.67. The largest absolute Gasteiger partial charge is 0.383 e. The van der Waals surface area contributed by atoms with Crippen molar-refractivity contribution in [2.75, 3.05) is 5.73 Å². The lowest BCUT2D eigenvalue weighted by atomic mass is 10.1. The maximum Gasteiger partial charge on any atom is 0.182 e. The van der Waals surface area contributed by atoms with Gasteiger partial charge in [0.2, 0.25) is 0 Å². The molecule has 30 heavy (non-hydrogen) atoms. The zero-order chi connectivity index (χ0) is 22.0. The Labute approximate surface area is 172 Å². The lowest BCUT2D eigenvalue weighted by molar-refractivity contribution is 0.477. The Morgan fingerprint density at radius 3 is 2.57 bits per heavy atom. The number of imidazole rings is 1. The summed E-state index contributed by atoms with van der Waals surface area (Å²) in [6, 6.07) is 0.814. The van der Waals surface area contributed by atoms with Gasteiger partial charge in [-0.2, -0.15) is 5.10 Å². The van der Waals surface area contributed by atoms with Crippen LogP contribution in [-0.4, -0.2) is 26.3 Å². The van der Waals surface area contributed by atoms with Crippen molar-refractivity contribution in [3.63, 3.8) is 0 Å². The molecule has 0 radical (unpaired) electrons. The van der Waals surface area contributed by atoms with Crippen molar-refractivity contribution in [2.24, 2.45) is 5.10 Å². The molecule has 0 aliphatic heterocycles. The van der Waals surface area contributed by atoms with Crippen LogP contribution in [0.25, 0.3) is 17.6 Å². The number of nitrogens with zero attached hydrogens (tertiary/aromatic N) is 5. The summed E-state index contributed by atoms with van der Waals surface area (Å²) in [4.78, 5) is 13.1. The van der Waals surface area contributed by atoms with Crippen molar-refractivity contribution < 1.29 is 13.2 Å². The smallest absolute Gasteiger partial charge is 0.182 e. The lowest BCUT2D eigenvalue weighted by Crippen LogP contribution is -2.07. The number of aryl methyl sites for hydroxylation is 2. The first kappa shape index (κ1) is 21.2. The summed E-state index contributed by atoms with van der Waals surface area (Å²) >= 11 is 0. The van der Waals surface area contributed by atoms with E-state index in [0.717, 1.165) is 11.6 Å². The molecule has 0 bridgehead atoms. The van der Waals surface area contributed by atoms with Gasteiger partial charge in [0.05, 0.1) is 5.69 Å². The van der Waals surface area contributed by atoms with Gasteiger partial charge in [0.1, 0.15) is 23.2 Å². The van der Waals surface area contributed by atoms with Crippen LogP contribution < -0.4 is 5.73 Å². The molecular weight excluding hydrogens is 393 g/mol. The van der Waals surface area contributed by atoms with Crippen molar-refractivity contribution >= 4 is 18.6 Å². The molecule has 0 saturated heterocycles. The van der Waals surface area contributed by atoms with Crippen LogP contribution in [0.15, 0.2) is 23.4 Å². The van der Waals surface area contributed by atoms with E-state index in [0.29, 0.717) is 23.6 Å². The molecule has 0 atom stereocenters. The second-order valence-electron chi connectivity index (χ2n) is 6.63. The van der Waals surface area contributed by atoms with E-state index in [9.17, 15) is 13.2 Å². The second-order valence-corrected chi connectivity index (χ2v) is 6.63. The SMILES string of the molecule is C=Nn1c(Cc2c(F)c(C)cc(F)c2F)nc(-c2ncc(CC)c(N)n2)c1/C=C\C. The molecule has 2 N–H and O–H groups in total. The molecule has 2 aromatic heterocycles. The molecule has 1 aromatic carbocycles. The highest BCUT2D eigenvalue weighted by Gasteiger charge is 2.23. The molecule has 0 saturated carbocycles. The molecule has 6 nitrogen and oxygen atoms in total. The first-order valence-corrected chi connectivity index (χ1v) is 9.28. The highest BCUT2D eigenvalue weighted by Crippen LogP contribution is 2.28. The summed E-state index contributed by atoms with van der Waals surface area (Å²) in [7, 11) is 0.